The first-order valence-corrected chi connectivity index (χ1v) is 8.28. The molecule has 0 bridgehead atoms. The normalized spacial score (nSPS) is 17.2. The first-order chi connectivity index (χ1) is 9.10. The second kappa shape index (κ2) is 6.71. The standard InChI is InChI=1S/C14H21ClN2OS/c1-10(2)11-3-5-17(6-4-11)14(18)7-13-16-12(8-15)9-19-13/h9-11H,3-8H2,1-2H3. The lowest BCUT2D eigenvalue weighted by molar-refractivity contribution is -0.132. The number of carbonyl (C=O) groups is 1. The monoisotopic (exact) mass is 300 g/mol. The van der Waals surface area contributed by atoms with Crippen molar-refractivity contribution in [1.29, 1.82) is 0 Å². The maximum Gasteiger partial charge on any atom is 0.229 e. The summed E-state index contributed by atoms with van der Waals surface area (Å²) in [7, 11) is 0. The van der Waals surface area contributed by atoms with E-state index in [0.717, 1.165) is 48.5 Å². The summed E-state index contributed by atoms with van der Waals surface area (Å²) in [4.78, 5) is 18.5. The van der Waals surface area contributed by atoms with E-state index < -0.39 is 0 Å². The third-order valence-electron chi connectivity index (χ3n) is 3.87. The Morgan fingerprint density at radius 3 is 2.74 bits per heavy atom. The Morgan fingerprint density at radius 1 is 1.53 bits per heavy atom. The van der Waals surface area contributed by atoms with Gasteiger partial charge in [0.25, 0.3) is 0 Å². The van der Waals surface area contributed by atoms with E-state index in [0.29, 0.717) is 12.3 Å². The topological polar surface area (TPSA) is 33.2 Å². The Labute approximate surface area is 124 Å². The van der Waals surface area contributed by atoms with Gasteiger partial charge in [-0.15, -0.1) is 22.9 Å². The fourth-order valence-corrected chi connectivity index (χ4v) is 3.56. The number of aromatic nitrogens is 1. The number of hydrogen-bond donors (Lipinski definition) is 0. The number of alkyl halides is 1. The van der Waals surface area contributed by atoms with Crippen LogP contribution in [0.4, 0.5) is 0 Å². The van der Waals surface area contributed by atoms with E-state index >= 15 is 0 Å². The largest absolute Gasteiger partial charge is 0.342 e. The van der Waals surface area contributed by atoms with Crippen LogP contribution in [0, 0.1) is 11.8 Å². The lowest BCUT2D eigenvalue weighted by atomic mass is 9.86. The summed E-state index contributed by atoms with van der Waals surface area (Å²) in [5, 5.41) is 2.81. The molecular weight excluding hydrogens is 280 g/mol. The summed E-state index contributed by atoms with van der Waals surface area (Å²) < 4.78 is 0. The van der Waals surface area contributed by atoms with Crippen LogP contribution in [0.5, 0.6) is 0 Å². The molecule has 0 saturated carbocycles. The van der Waals surface area contributed by atoms with Crippen LogP contribution in [0.3, 0.4) is 0 Å². The molecule has 0 atom stereocenters. The van der Waals surface area contributed by atoms with E-state index in [1.54, 1.807) is 0 Å². The predicted molar refractivity (Wildman–Crippen MR) is 79.5 cm³/mol. The van der Waals surface area contributed by atoms with E-state index in [-0.39, 0.29) is 5.91 Å². The predicted octanol–water partition coefficient (Wildman–Crippen LogP) is 3.32. The average molecular weight is 301 g/mol. The molecule has 0 aromatic carbocycles. The van der Waals surface area contributed by atoms with Gasteiger partial charge >= 0.3 is 0 Å². The highest BCUT2D eigenvalue weighted by molar-refractivity contribution is 7.09. The van der Waals surface area contributed by atoms with Crippen LogP contribution in [0.25, 0.3) is 0 Å². The van der Waals surface area contributed by atoms with Gasteiger partial charge in [0, 0.05) is 18.5 Å². The molecular formula is C14H21ClN2OS. The molecule has 2 heterocycles. The molecule has 106 valence electrons. The summed E-state index contributed by atoms with van der Waals surface area (Å²) in [6.45, 7) is 6.33. The molecule has 3 nitrogen and oxygen atoms in total. The Morgan fingerprint density at radius 2 is 2.21 bits per heavy atom. The lowest BCUT2D eigenvalue weighted by Crippen LogP contribution is -2.40. The quantitative estimate of drug-likeness (QED) is 0.799. The van der Waals surface area contributed by atoms with Crippen molar-refractivity contribution in [2.24, 2.45) is 11.8 Å². The fourth-order valence-electron chi connectivity index (χ4n) is 2.55. The Bertz CT molecular complexity index is 425. The molecule has 0 unspecified atom stereocenters. The van der Waals surface area contributed by atoms with Crippen molar-refractivity contribution in [2.75, 3.05) is 13.1 Å². The number of hydrogen-bond acceptors (Lipinski definition) is 3. The van der Waals surface area contributed by atoms with Crippen molar-refractivity contribution in [2.45, 2.75) is 39.0 Å². The molecule has 0 aliphatic carbocycles. The summed E-state index contributed by atoms with van der Waals surface area (Å²) in [5.41, 5.74) is 0.869. The Balaban J connectivity index is 1.84. The number of halogens is 1. The summed E-state index contributed by atoms with van der Waals surface area (Å²) in [6.07, 6.45) is 2.69. The number of likely N-dealkylation sites (tertiary alicyclic amines) is 1. The zero-order chi connectivity index (χ0) is 13.8. The number of amides is 1. The molecule has 0 spiro atoms. The zero-order valence-electron chi connectivity index (χ0n) is 11.6. The minimum absolute atomic E-state index is 0.206. The fraction of sp³-hybridized carbons (Fsp3) is 0.714. The van der Waals surface area contributed by atoms with Crippen molar-refractivity contribution in [3.63, 3.8) is 0 Å². The van der Waals surface area contributed by atoms with Gasteiger partial charge in [-0.05, 0) is 24.7 Å². The van der Waals surface area contributed by atoms with E-state index in [1.807, 2.05) is 10.3 Å². The summed E-state index contributed by atoms with van der Waals surface area (Å²) in [6, 6.07) is 0. The van der Waals surface area contributed by atoms with Gasteiger partial charge in [-0.1, -0.05) is 13.8 Å². The van der Waals surface area contributed by atoms with E-state index in [2.05, 4.69) is 18.8 Å². The molecule has 0 radical (unpaired) electrons. The second-order valence-electron chi connectivity index (χ2n) is 5.51. The van der Waals surface area contributed by atoms with Crippen LogP contribution in [0.1, 0.15) is 37.4 Å². The number of thiazole rings is 1. The molecule has 19 heavy (non-hydrogen) atoms. The van der Waals surface area contributed by atoms with Crippen LogP contribution in [0.2, 0.25) is 0 Å². The van der Waals surface area contributed by atoms with E-state index in [4.69, 9.17) is 11.6 Å². The van der Waals surface area contributed by atoms with Crippen LogP contribution in [0.15, 0.2) is 5.38 Å². The van der Waals surface area contributed by atoms with Gasteiger partial charge < -0.3 is 4.90 Å². The van der Waals surface area contributed by atoms with Crippen molar-refractivity contribution in [3.05, 3.63) is 16.1 Å². The summed E-state index contributed by atoms with van der Waals surface area (Å²) >= 11 is 7.25. The van der Waals surface area contributed by atoms with Gasteiger partial charge in [0.2, 0.25) is 5.91 Å². The molecule has 1 fully saturated rings. The number of piperidine rings is 1. The highest BCUT2D eigenvalue weighted by Crippen LogP contribution is 2.25. The number of rotatable bonds is 4. The Kier molecular flexibility index (Phi) is 5.22. The SMILES string of the molecule is CC(C)C1CCN(C(=O)Cc2nc(CCl)cs2)CC1. The smallest absolute Gasteiger partial charge is 0.229 e. The zero-order valence-corrected chi connectivity index (χ0v) is 13.1. The van der Waals surface area contributed by atoms with Crippen molar-refractivity contribution >= 4 is 28.8 Å². The molecule has 1 aliphatic rings. The van der Waals surface area contributed by atoms with Crippen LogP contribution >= 0.6 is 22.9 Å². The first-order valence-electron chi connectivity index (χ1n) is 6.87. The van der Waals surface area contributed by atoms with Crippen LogP contribution in [-0.2, 0) is 17.1 Å². The Hall–Kier alpha value is -0.610. The van der Waals surface area contributed by atoms with Crippen molar-refractivity contribution in [3.8, 4) is 0 Å². The minimum atomic E-state index is 0.206. The third kappa shape index (κ3) is 3.93. The highest BCUT2D eigenvalue weighted by atomic mass is 35.5. The molecule has 1 saturated heterocycles. The van der Waals surface area contributed by atoms with Crippen LogP contribution < -0.4 is 0 Å². The van der Waals surface area contributed by atoms with Gasteiger partial charge in [-0.25, -0.2) is 4.98 Å². The number of nitrogens with zero attached hydrogens (tertiary/aromatic N) is 2. The maximum atomic E-state index is 12.2. The van der Waals surface area contributed by atoms with Gasteiger partial charge in [0.15, 0.2) is 0 Å². The summed E-state index contributed by atoms with van der Waals surface area (Å²) in [5.74, 6) is 2.12. The molecule has 1 aliphatic heterocycles. The maximum absolute atomic E-state index is 12.2. The van der Waals surface area contributed by atoms with E-state index in [1.165, 1.54) is 11.3 Å². The van der Waals surface area contributed by atoms with Gasteiger partial charge in [0.05, 0.1) is 18.0 Å². The van der Waals surface area contributed by atoms with Crippen LogP contribution in [-0.4, -0.2) is 28.9 Å². The second-order valence-corrected chi connectivity index (χ2v) is 6.72. The van der Waals surface area contributed by atoms with Crippen molar-refractivity contribution < 1.29 is 4.79 Å². The first kappa shape index (κ1) is 14.8. The lowest BCUT2D eigenvalue weighted by Gasteiger charge is -2.33. The molecule has 1 aromatic heterocycles. The average Bonchev–Trinajstić information content (AvgIpc) is 2.86. The number of carbonyl (C=O) groups excluding carboxylic acids is 1. The molecule has 0 N–H and O–H groups in total. The molecule has 1 amide bonds. The minimum Gasteiger partial charge on any atom is -0.342 e. The third-order valence-corrected chi connectivity index (χ3v) is 5.05. The highest BCUT2D eigenvalue weighted by Gasteiger charge is 2.24. The van der Waals surface area contributed by atoms with Gasteiger partial charge in [0.1, 0.15) is 5.01 Å². The molecule has 5 heteroatoms. The molecule has 1 aromatic rings. The molecule has 2 rings (SSSR count). The van der Waals surface area contributed by atoms with E-state index in [9.17, 15) is 4.79 Å². The van der Waals surface area contributed by atoms with Gasteiger partial charge in [-0.3, -0.25) is 4.79 Å². The van der Waals surface area contributed by atoms with Gasteiger partial charge in [-0.2, -0.15) is 0 Å². The van der Waals surface area contributed by atoms with Crippen molar-refractivity contribution in [1.82, 2.24) is 9.88 Å².